The van der Waals surface area contributed by atoms with Crippen molar-refractivity contribution >= 4 is 15.9 Å². The van der Waals surface area contributed by atoms with Gasteiger partial charge < -0.3 is 4.98 Å². The summed E-state index contributed by atoms with van der Waals surface area (Å²) in [6, 6.07) is 0. The maximum atomic E-state index is 11.9. The average Bonchev–Trinajstić information content (AvgIpc) is 2.75. The van der Waals surface area contributed by atoms with E-state index in [2.05, 4.69) is 39.7 Å². The molecule has 1 saturated carbocycles. The molecular formula is C13H19BrN2O. The third kappa shape index (κ3) is 2.97. The molecular weight excluding hydrogens is 280 g/mol. The van der Waals surface area contributed by atoms with Gasteiger partial charge >= 0.3 is 0 Å². The van der Waals surface area contributed by atoms with Gasteiger partial charge in [-0.3, -0.25) is 4.79 Å². The zero-order chi connectivity index (χ0) is 12.4. The number of halogens is 1. The lowest BCUT2D eigenvalue weighted by Crippen LogP contribution is -2.18. The van der Waals surface area contributed by atoms with Gasteiger partial charge in [-0.15, -0.1) is 0 Å². The van der Waals surface area contributed by atoms with Crippen molar-refractivity contribution < 1.29 is 0 Å². The quantitative estimate of drug-likeness (QED) is 0.930. The molecule has 3 nitrogen and oxygen atoms in total. The maximum Gasteiger partial charge on any atom is 0.265 e. The molecule has 17 heavy (non-hydrogen) atoms. The Labute approximate surface area is 110 Å². The lowest BCUT2D eigenvalue weighted by molar-refractivity contribution is 0.602. The molecule has 2 rings (SSSR count). The number of H-pyrrole nitrogens is 1. The standard InChI is InChI=1S/C13H19BrN2O/c1-8(2)7-10-15-12(9-5-3-4-6-9)11(14)13(17)16-10/h8-9H,3-7H2,1-2H3,(H,15,16,17). The Kier molecular flexibility index (Phi) is 4.02. The molecule has 1 heterocycles. The van der Waals surface area contributed by atoms with E-state index in [1.54, 1.807) is 0 Å². The van der Waals surface area contributed by atoms with Crippen LogP contribution in [-0.2, 0) is 6.42 Å². The van der Waals surface area contributed by atoms with E-state index in [4.69, 9.17) is 0 Å². The molecule has 0 unspecified atom stereocenters. The Morgan fingerprint density at radius 3 is 2.65 bits per heavy atom. The van der Waals surface area contributed by atoms with Crippen molar-refractivity contribution in [3.8, 4) is 0 Å². The molecule has 1 aromatic heterocycles. The minimum absolute atomic E-state index is 0.0300. The second kappa shape index (κ2) is 5.34. The molecule has 94 valence electrons. The first kappa shape index (κ1) is 12.8. The highest BCUT2D eigenvalue weighted by atomic mass is 79.9. The predicted octanol–water partition coefficient (Wildman–Crippen LogP) is 3.39. The topological polar surface area (TPSA) is 45.8 Å². The summed E-state index contributed by atoms with van der Waals surface area (Å²) in [5.74, 6) is 1.81. The first-order chi connectivity index (χ1) is 8.08. The molecule has 1 aromatic rings. The fraction of sp³-hybridized carbons (Fsp3) is 0.692. The lowest BCUT2D eigenvalue weighted by Gasteiger charge is -2.12. The van der Waals surface area contributed by atoms with Gasteiger partial charge in [0.25, 0.3) is 5.56 Å². The van der Waals surface area contributed by atoms with Gasteiger partial charge in [0.2, 0.25) is 0 Å². The molecule has 0 atom stereocenters. The van der Waals surface area contributed by atoms with Crippen molar-refractivity contribution in [3.63, 3.8) is 0 Å². The van der Waals surface area contributed by atoms with E-state index in [0.717, 1.165) is 30.8 Å². The first-order valence-electron chi connectivity index (χ1n) is 6.36. The van der Waals surface area contributed by atoms with E-state index in [-0.39, 0.29) is 5.56 Å². The van der Waals surface area contributed by atoms with Crippen molar-refractivity contribution in [3.05, 3.63) is 26.3 Å². The van der Waals surface area contributed by atoms with Gasteiger partial charge in [-0.2, -0.15) is 0 Å². The molecule has 0 saturated heterocycles. The fourth-order valence-corrected chi connectivity index (χ4v) is 2.99. The Morgan fingerprint density at radius 2 is 2.06 bits per heavy atom. The van der Waals surface area contributed by atoms with Crippen LogP contribution >= 0.6 is 15.9 Å². The molecule has 1 fully saturated rings. The van der Waals surface area contributed by atoms with Crippen LogP contribution < -0.4 is 5.56 Å². The summed E-state index contributed by atoms with van der Waals surface area (Å²) in [5.41, 5.74) is 0.944. The lowest BCUT2D eigenvalue weighted by atomic mass is 10.0. The van der Waals surface area contributed by atoms with Crippen LogP contribution in [0.15, 0.2) is 9.27 Å². The SMILES string of the molecule is CC(C)Cc1nc(C2CCCC2)c(Br)c(=O)[nH]1. The van der Waals surface area contributed by atoms with E-state index >= 15 is 0 Å². The molecule has 4 heteroatoms. The van der Waals surface area contributed by atoms with Crippen LogP contribution in [0.25, 0.3) is 0 Å². The summed E-state index contributed by atoms with van der Waals surface area (Å²) >= 11 is 3.38. The molecule has 0 bridgehead atoms. The van der Waals surface area contributed by atoms with Gasteiger partial charge in [0.1, 0.15) is 10.3 Å². The summed E-state index contributed by atoms with van der Waals surface area (Å²) in [4.78, 5) is 19.4. The minimum Gasteiger partial charge on any atom is -0.310 e. The van der Waals surface area contributed by atoms with Crippen LogP contribution in [0.1, 0.15) is 57.0 Å². The molecule has 1 aliphatic rings. The monoisotopic (exact) mass is 298 g/mol. The highest BCUT2D eigenvalue weighted by Crippen LogP contribution is 2.35. The number of hydrogen-bond acceptors (Lipinski definition) is 2. The van der Waals surface area contributed by atoms with Crippen LogP contribution in [0.5, 0.6) is 0 Å². The zero-order valence-electron chi connectivity index (χ0n) is 10.4. The molecule has 1 N–H and O–H groups in total. The highest BCUT2D eigenvalue weighted by molar-refractivity contribution is 9.10. The normalized spacial score (nSPS) is 16.9. The number of nitrogens with zero attached hydrogens (tertiary/aromatic N) is 1. The van der Waals surface area contributed by atoms with Crippen LogP contribution in [0.3, 0.4) is 0 Å². The molecule has 0 aliphatic heterocycles. The van der Waals surface area contributed by atoms with Gasteiger partial charge in [0.15, 0.2) is 0 Å². The average molecular weight is 299 g/mol. The minimum atomic E-state index is -0.0300. The summed E-state index contributed by atoms with van der Waals surface area (Å²) in [6.45, 7) is 4.27. The summed E-state index contributed by atoms with van der Waals surface area (Å²) in [7, 11) is 0. The first-order valence-corrected chi connectivity index (χ1v) is 7.15. The smallest absolute Gasteiger partial charge is 0.265 e. The summed E-state index contributed by atoms with van der Waals surface area (Å²) < 4.78 is 0.636. The van der Waals surface area contributed by atoms with Gasteiger partial charge in [-0.05, 0) is 34.7 Å². The molecule has 0 amide bonds. The number of nitrogens with one attached hydrogen (secondary N) is 1. The van der Waals surface area contributed by atoms with Crippen molar-refractivity contribution in [2.24, 2.45) is 5.92 Å². The van der Waals surface area contributed by atoms with E-state index in [9.17, 15) is 4.79 Å². The second-order valence-electron chi connectivity index (χ2n) is 5.29. The van der Waals surface area contributed by atoms with Gasteiger partial charge in [0, 0.05) is 12.3 Å². The van der Waals surface area contributed by atoms with E-state index in [1.165, 1.54) is 12.8 Å². The third-order valence-corrected chi connectivity index (χ3v) is 4.05. The van der Waals surface area contributed by atoms with E-state index in [0.29, 0.717) is 16.3 Å². The predicted molar refractivity (Wildman–Crippen MR) is 72.3 cm³/mol. The van der Waals surface area contributed by atoms with Crippen molar-refractivity contribution in [2.45, 2.75) is 51.9 Å². The molecule has 1 aliphatic carbocycles. The zero-order valence-corrected chi connectivity index (χ0v) is 12.0. The highest BCUT2D eigenvalue weighted by Gasteiger charge is 2.23. The fourth-order valence-electron chi connectivity index (χ4n) is 2.48. The third-order valence-electron chi connectivity index (χ3n) is 3.28. The number of rotatable bonds is 3. The molecule has 0 aromatic carbocycles. The second-order valence-corrected chi connectivity index (χ2v) is 6.08. The van der Waals surface area contributed by atoms with Gasteiger partial charge in [-0.1, -0.05) is 26.7 Å². The number of aromatic nitrogens is 2. The van der Waals surface area contributed by atoms with Crippen LogP contribution in [0.2, 0.25) is 0 Å². The Morgan fingerprint density at radius 1 is 1.41 bits per heavy atom. The summed E-state index contributed by atoms with van der Waals surface area (Å²) in [6.07, 6.45) is 5.67. The van der Waals surface area contributed by atoms with Crippen LogP contribution in [-0.4, -0.2) is 9.97 Å². The summed E-state index contributed by atoms with van der Waals surface area (Å²) in [5, 5.41) is 0. The van der Waals surface area contributed by atoms with Crippen molar-refractivity contribution in [2.75, 3.05) is 0 Å². The van der Waals surface area contributed by atoms with Crippen LogP contribution in [0.4, 0.5) is 0 Å². The van der Waals surface area contributed by atoms with Gasteiger partial charge in [0.05, 0.1) is 5.69 Å². The Bertz CT molecular complexity index is 447. The van der Waals surface area contributed by atoms with Crippen molar-refractivity contribution in [1.29, 1.82) is 0 Å². The molecule has 0 spiro atoms. The maximum absolute atomic E-state index is 11.9. The van der Waals surface area contributed by atoms with E-state index in [1.807, 2.05) is 0 Å². The van der Waals surface area contributed by atoms with Gasteiger partial charge in [-0.25, -0.2) is 4.98 Å². The Balaban J connectivity index is 2.35. The largest absolute Gasteiger partial charge is 0.310 e. The van der Waals surface area contributed by atoms with E-state index < -0.39 is 0 Å². The van der Waals surface area contributed by atoms with Crippen molar-refractivity contribution in [1.82, 2.24) is 9.97 Å². The van der Waals surface area contributed by atoms with Crippen LogP contribution in [0, 0.1) is 5.92 Å². The number of aromatic amines is 1. The number of hydrogen-bond donors (Lipinski definition) is 1. The Hall–Kier alpha value is -0.640. The molecule has 0 radical (unpaired) electrons.